The zero-order valence-electron chi connectivity index (χ0n) is 13.7. The van der Waals surface area contributed by atoms with Gasteiger partial charge in [0.1, 0.15) is 6.10 Å². The minimum absolute atomic E-state index is 0.0167. The molecule has 3 atom stereocenters. The normalized spacial score (nSPS) is 34.4. The van der Waals surface area contributed by atoms with Crippen LogP contribution in [0, 0.1) is 11.3 Å². The Morgan fingerprint density at radius 3 is 2.82 bits per heavy atom. The molecule has 1 saturated heterocycles. The Kier molecular flexibility index (Phi) is 3.73. The maximum atomic E-state index is 5.90. The highest BCUT2D eigenvalue weighted by atomic mass is 16.5. The lowest BCUT2D eigenvalue weighted by atomic mass is 9.87. The van der Waals surface area contributed by atoms with Crippen LogP contribution in [-0.2, 0) is 4.74 Å². The Balaban J connectivity index is 1.38. The van der Waals surface area contributed by atoms with Crippen molar-refractivity contribution in [1.82, 2.24) is 15.5 Å². The van der Waals surface area contributed by atoms with Gasteiger partial charge < -0.3 is 14.6 Å². The van der Waals surface area contributed by atoms with Crippen LogP contribution >= 0.6 is 0 Å². The van der Waals surface area contributed by atoms with E-state index in [-0.39, 0.29) is 6.10 Å². The Morgan fingerprint density at radius 2 is 2.09 bits per heavy atom. The molecule has 5 heteroatoms. The molecule has 1 aromatic rings. The van der Waals surface area contributed by atoms with E-state index in [2.05, 4.69) is 29.3 Å². The van der Waals surface area contributed by atoms with E-state index in [1.807, 2.05) is 0 Å². The second-order valence-electron chi connectivity index (χ2n) is 7.95. The van der Waals surface area contributed by atoms with Crippen LogP contribution < -0.4 is 5.32 Å². The Labute approximate surface area is 132 Å². The van der Waals surface area contributed by atoms with Gasteiger partial charge in [-0.1, -0.05) is 25.4 Å². The van der Waals surface area contributed by atoms with Crippen LogP contribution in [0.15, 0.2) is 4.52 Å². The molecule has 3 fully saturated rings. The van der Waals surface area contributed by atoms with E-state index in [1.54, 1.807) is 0 Å². The summed E-state index contributed by atoms with van der Waals surface area (Å²) in [6, 6.07) is 0.624. The van der Waals surface area contributed by atoms with Crippen LogP contribution in [-0.4, -0.2) is 29.3 Å². The maximum absolute atomic E-state index is 5.90. The second kappa shape index (κ2) is 5.60. The molecule has 1 aromatic heterocycles. The van der Waals surface area contributed by atoms with Gasteiger partial charge >= 0.3 is 0 Å². The summed E-state index contributed by atoms with van der Waals surface area (Å²) in [6.07, 6.45) is 7.41. The zero-order chi connectivity index (χ0) is 15.2. The van der Waals surface area contributed by atoms with Gasteiger partial charge in [-0.15, -0.1) is 0 Å². The number of ether oxygens (including phenoxy) is 1. The standard InChI is InChI=1S/C17H27N3O2/c1-17(2)8-3-4-13(17)18-10-12-7-9-21-14(12)16-19-15(20-22-16)11-5-6-11/h11-14,18H,3-10H2,1-2H3/t12-,13?,14-/m0/s1. The molecule has 22 heavy (non-hydrogen) atoms. The van der Waals surface area contributed by atoms with Crippen molar-refractivity contribution in [3.63, 3.8) is 0 Å². The van der Waals surface area contributed by atoms with Crippen LogP contribution in [0.1, 0.15) is 76.1 Å². The number of nitrogens with one attached hydrogen (secondary N) is 1. The fraction of sp³-hybridized carbons (Fsp3) is 0.882. The average molecular weight is 305 g/mol. The number of hydrogen-bond acceptors (Lipinski definition) is 5. The first-order valence-corrected chi connectivity index (χ1v) is 8.82. The van der Waals surface area contributed by atoms with Crippen molar-refractivity contribution in [3.05, 3.63) is 11.7 Å². The molecule has 1 aliphatic heterocycles. The predicted molar refractivity (Wildman–Crippen MR) is 82.5 cm³/mol. The summed E-state index contributed by atoms with van der Waals surface area (Å²) in [5.41, 5.74) is 0.415. The quantitative estimate of drug-likeness (QED) is 0.905. The molecule has 1 unspecified atom stereocenters. The van der Waals surface area contributed by atoms with Crippen LogP contribution in [0.5, 0.6) is 0 Å². The van der Waals surface area contributed by atoms with E-state index in [0.717, 1.165) is 25.4 Å². The first-order valence-electron chi connectivity index (χ1n) is 8.82. The smallest absolute Gasteiger partial charge is 0.256 e. The van der Waals surface area contributed by atoms with Crippen molar-refractivity contribution in [1.29, 1.82) is 0 Å². The molecular weight excluding hydrogens is 278 g/mol. The molecule has 2 saturated carbocycles. The number of hydrogen-bond donors (Lipinski definition) is 1. The molecule has 4 rings (SSSR count). The SMILES string of the molecule is CC1(C)CCCC1NC[C@@H]1CCO[C@@H]1c1nc(C2CC2)no1. The zero-order valence-corrected chi connectivity index (χ0v) is 13.7. The summed E-state index contributed by atoms with van der Waals surface area (Å²) in [4.78, 5) is 4.58. The third-order valence-electron chi connectivity index (χ3n) is 5.74. The minimum Gasteiger partial charge on any atom is -0.368 e. The topological polar surface area (TPSA) is 60.2 Å². The third kappa shape index (κ3) is 2.81. The lowest BCUT2D eigenvalue weighted by Crippen LogP contribution is -2.40. The molecule has 2 heterocycles. The van der Waals surface area contributed by atoms with Crippen LogP contribution in [0.4, 0.5) is 0 Å². The molecule has 0 aromatic carbocycles. The van der Waals surface area contributed by atoms with Crippen molar-refractivity contribution in [2.75, 3.05) is 13.2 Å². The van der Waals surface area contributed by atoms with Gasteiger partial charge in [-0.05, 0) is 37.5 Å². The number of aromatic nitrogens is 2. The van der Waals surface area contributed by atoms with E-state index in [9.17, 15) is 0 Å². The summed E-state index contributed by atoms with van der Waals surface area (Å²) >= 11 is 0. The largest absolute Gasteiger partial charge is 0.368 e. The monoisotopic (exact) mass is 305 g/mol. The van der Waals surface area contributed by atoms with Gasteiger partial charge in [0.15, 0.2) is 5.82 Å². The Bertz CT molecular complexity index is 524. The van der Waals surface area contributed by atoms with Gasteiger partial charge in [0, 0.05) is 31.0 Å². The fourth-order valence-electron chi connectivity index (χ4n) is 3.98. The van der Waals surface area contributed by atoms with Crippen LogP contribution in [0.25, 0.3) is 0 Å². The molecule has 0 amide bonds. The second-order valence-corrected chi connectivity index (χ2v) is 7.95. The van der Waals surface area contributed by atoms with Crippen molar-refractivity contribution in [2.45, 2.75) is 70.4 Å². The summed E-state index contributed by atoms with van der Waals surface area (Å²) in [7, 11) is 0. The van der Waals surface area contributed by atoms with Gasteiger partial charge in [-0.2, -0.15) is 4.98 Å². The molecule has 0 bridgehead atoms. The van der Waals surface area contributed by atoms with Crippen LogP contribution in [0.2, 0.25) is 0 Å². The predicted octanol–water partition coefficient (Wildman–Crippen LogP) is 3.19. The lowest BCUT2D eigenvalue weighted by Gasteiger charge is -2.29. The highest BCUT2D eigenvalue weighted by Gasteiger charge is 2.39. The van der Waals surface area contributed by atoms with Gasteiger partial charge in [-0.3, -0.25) is 0 Å². The average Bonchev–Trinajstić information content (AvgIpc) is 2.92. The van der Waals surface area contributed by atoms with Crippen molar-refractivity contribution in [2.24, 2.45) is 11.3 Å². The first kappa shape index (κ1) is 14.6. The molecular formula is C17H27N3O2. The highest BCUT2D eigenvalue weighted by Crippen LogP contribution is 2.41. The molecule has 0 radical (unpaired) electrons. The number of nitrogens with zero attached hydrogens (tertiary/aromatic N) is 2. The van der Waals surface area contributed by atoms with Crippen molar-refractivity contribution >= 4 is 0 Å². The van der Waals surface area contributed by atoms with Gasteiger partial charge in [0.05, 0.1) is 0 Å². The number of rotatable bonds is 5. The van der Waals surface area contributed by atoms with Gasteiger partial charge in [0.25, 0.3) is 5.89 Å². The van der Waals surface area contributed by atoms with E-state index in [4.69, 9.17) is 9.26 Å². The third-order valence-corrected chi connectivity index (χ3v) is 5.74. The Morgan fingerprint density at radius 1 is 1.23 bits per heavy atom. The molecule has 0 spiro atoms. The van der Waals surface area contributed by atoms with Gasteiger partial charge in [0.2, 0.25) is 0 Å². The van der Waals surface area contributed by atoms with E-state index in [0.29, 0.717) is 29.2 Å². The fourth-order valence-corrected chi connectivity index (χ4v) is 3.98. The molecule has 122 valence electrons. The van der Waals surface area contributed by atoms with E-state index >= 15 is 0 Å². The van der Waals surface area contributed by atoms with E-state index in [1.165, 1.54) is 32.1 Å². The minimum atomic E-state index is -0.0167. The lowest BCUT2D eigenvalue weighted by molar-refractivity contribution is 0.0608. The molecule has 1 N–H and O–H groups in total. The highest BCUT2D eigenvalue weighted by molar-refractivity contribution is 5.05. The molecule has 2 aliphatic carbocycles. The molecule has 5 nitrogen and oxygen atoms in total. The van der Waals surface area contributed by atoms with Gasteiger partial charge in [-0.25, -0.2) is 0 Å². The summed E-state index contributed by atoms with van der Waals surface area (Å²) in [5, 5.41) is 7.92. The summed E-state index contributed by atoms with van der Waals surface area (Å²) in [6.45, 7) is 6.53. The van der Waals surface area contributed by atoms with E-state index < -0.39 is 0 Å². The summed E-state index contributed by atoms with van der Waals surface area (Å²) in [5.74, 6) is 2.56. The Hall–Kier alpha value is -0.940. The first-order chi connectivity index (χ1) is 10.6. The van der Waals surface area contributed by atoms with Crippen LogP contribution in [0.3, 0.4) is 0 Å². The summed E-state index contributed by atoms with van der Waals surface area (Å²) < 4.78 is 11.4. The van der Waals surface area contributed by atoms with Crippen molar-refractivity contribution in [3.8, 4) is 0 Å². The molecule has 3 aliphatic rings. The van der Waals surface area contributed by atoms with Crippen molar-refractivity contribution < 1.29 is 9.26 Å². The maximum Gasteiger partial charge on any atom is 0.256 e.